The number of methoxy groups -OCH3 is 1. The molecule has 1 fully saturated rings. The van der Waals surface area contributed by atoms with Gasteiger partial charge in [-0.2, -0.15) is 0 Å². The Labute approximate surface area is 111 Å². The number of nitrogens with one attached hydrogen (secondary N) is 1. The summed E-state index contributed by atoms with van der Waals surface area (Å²) in [4.78, 5) is 22.3. The topological polar surface area (TPSA) is 75.6 Å². The first kappa shape index (κ1) is 13.4. The van der Waals surface area contributed by atoms with Gasteiger partial charge in [0.05, 0.1) is 18.9 Å². The minimum atomic E-state index is -0.879. The fourth-order valence-electron chi connectivity index (χ4n) is 2.01. The first-order chi connectivity index (χ1) is 9.11. The van der Waals surface area contributed by atoms with E-state index >= 15 is 0 Å². The predicted molar refractivity (Wildman–Crippen MR) is 68.9 cm³/mol. The van der Waals surface area contributed by atoms with Gasteiger partial charge in [0.15, 0.2) is 0 Å². The lowest BCUT2D eigenvalue weighted by molar-refractivity contribution is -0.140. The van der Waals surface area contributed by atoms with E-state index in [1.54, 1.807) is 7.11 Å². The van der Waals surface area contributed by atoms with Crippen LogP contribution in [-0.2, 0) is 16.0 Å². The van der Waals surface area contributed by atoms with Gasteiger partial charge in [0.1, 0.15) is 5.75 Å². The van der Waals surface area contributed by atoms with Gasteiger partial charge in [0.25, 0.3) is 0 Å². The lowest BCUT2D eigenvalue weighted by atomic mass is 10.1. The van der Waals surface area contributed by atoms with Crippen molar-refractivity contribution < 1.29 is 19.4 Å². The van der Waals surface area contributed by atoms with E-state index in [0.29, 0.717) is 13.0 Å². The molecule has 2 atom stereocenters. The van der Waals surface area contributed by atoms with E-state index in [1.807, 2.05) is 24.3 Å². The van der Waals surface area contributed by atoms with Crippen molar-refractivity contribution in [2.45, 2.75) is 12.8 Å². The number of carbonyl (C=O) groups excluding carboxylic acids is 1. The van der Waals surface area contributed by atoms with Gasteiger partial charge in [-0.05, 0) is 30.5 Å². The van der Waals surface area contributed by atoms with E-state index < -0.39 is 11.9 Å². The Morgan fingerprint density at radius 1 is 1.32 bits per heavy atom. The molecule has 0 saturated heterocycles. The van der Waals surface area contributed by atoms with E-state index in [4.69, 9.17) is 9.84 Å². The number of rotatable bonds is 6. The zero-order chi connectivity index (χ0) is 13.8. The summed E-state index contributed by atoms with van der Waals surface area (Å²) in [6, 6.07) is 7.64. The second kappa shape index (κ2) is 5.73. The minimum Gasteiger partial charge on any atom is -0.497 e. The van der Waals surface area contributed by atoms with E-state index in [9.17, 15) is 9.59 Å². The largest absolute Gasteiger partial charge is 0.497 e. The van der Waals surface area contributed by atoms with Crippen LogP contribution in [-0.4, -0.2) is 30.6 Å². The van der Waals surface area contributed by atoms with Gasteiger partial charge in [-0.1, -0.05) is 12.1 Å². The second-order valence-corrected chi connectivity index (χ2v) is 4.68. The van der Waals surface area contributed by atoms with Crippen molar-refractivity contribution in [1.82, 2.24) is 5.32 Å². The zero-order valence-corrected chi connectivity index (χ0v) is 10.8. The van der Waals surface area contributed by atoms with Crippen LogP contribution in [0, 0.1) is 11.8 Å². The van der Waals surface area contributed by atoms with E-state index in [0.717, 1.165) is 17.7 Å². The normalized spacial score (nSPS) is 20.7. The predicted octanol–water partition coefficient (Wildman–Crippen LogP) is 1.07. The van der Waals surface area contributed by atoms with Crippen molar-refractivity contribution in [3.63, 3.8) is 0 Å². The molecule has 0 aromatic heterocycles. The van der Waals surface area contributed by atoms with Gasteiger partial charge in [-0.25, -0.2) is 0 Å². The molecule has 0 spiro atoms. The number of carbonyl (C=O) groups is 2. The number of carboxylic acid groups (broad SMARTS) is 1. The van der Waals surface area contributed by atoms with Crippen molar-refractivity contribution in [2.75, 3.05) is 13.7 Å². The molecule has 1 amide bonds. The number of hydrogen-bond donors (Lipinski definition) is 2. The first-order valence-electron chi connectivity index (χ1n) is 6.25. The highest BCUT2D eigenvalue weighted by Crippen LogP contribution is 2.38. The van der Waals surface area contributed by atoms with Crippen molar-refractivity contribution in [2.24, 2.45) is 11.8 Å². The molecule has 1 aliphatic carbocycles. The van der Waals surface area contributed by atoms with Crippen LogP contribution in [0.1, 0.15) is 12.0 Å². The molecular formula is C14H17NO4. The van der Waals surface area contributed by atoms with Crippen molar-refractivity contribution in [1.29, 1.82) is 0 Å². The summed E-state index contributed by atoms with van der Waals surface area (Å²) >= 11 is 0. The van der Waals surface area contributed by atoms with Gasteiger partial charge in [-0.3, -0.25) is 9.59 Å². The molecule has 1 saturated carbocycles. The molecule has 0 radical (unpaired) electrons. The molecule has 1 aromatic rings. The summed E-state index contributed by atoms with van der Waals surface area (Å²) in [5, 5.41) is 11.5. The maximum Gasteiger partial charge on any atom is 0.307 e. The van der Waals surface area contributed by atoms with E-state index in [-0.39, 0.29) is 11.8 Å². The smallest absolute Gasteiger partial charge is 0.307 e. The molecule has 0 heterocycles. The van der Waals surface area contributed by atoms with E-state index in [2.05, 4.69) is 5.32 Å². The van der Waals surface area contributed by atoms with Crippen molar-refractivity contribution >= 4 is 11.9 Å². The standard InChI is InChI=1S/C14H17NO4/c1-19-10-4-2-9(3-5-10)6-7-15-13(16)11-8-12(11)14(17)18/h2-5,11-12H,6-8H2,1H3,(H,15,16)(H,17,18)/t11-,12-/m0/s1. The molecule has 1 aliphatic rings. The van der Waals surface area contributed by atoms with Gasteiger partial charge in [-0.15, -0.1) is 0 Å². The average molecular weight is 263 g/mol. The number of amides is 1. The zero-order valence-electron chi connectivity index (χ0n) is 10.8. The molecule has 102 valence electrons. The quantitative estimate of drug-likeness (QED) is 0.805. The number of hydrogen-bond acceptors (Lipinski definition) is 3. The number of ether oxygens (including phenoxy) is 1. The van der Waals surface area contributed by atoms with Gasteiger partial charge < -0.3 is 15.2 Å². The van der Waals surface area contributed by atoms with Crippen LogP contribution in [0.25, 0.3) is 0 Å². The fraction of sp³-hybridized carbons (Fsp3) is 0.429. The SMILES string of the molecule is COc1ccc(CCNC(=O)[C@H]2C[C@@H]2C(=O)O)cc1. The van der Waals surface area contributed by atoms with Gasteiger partial charge in [0.2, 0.25) is 5.91 Å². The summed E-state index contributed by atoms with van der Waals surface area (Å²) < 4.78 is 5.06. The molecule has 0 bridgehead atoms. The van der Waals surface area contributed by atoms with Crippen LogP contribution < -0.4 is 10.1 Å². The van der Waals surface area contributed by atoms with Crippen LogP contribution >= 0.6 is 0 Å². The summed E-state index contributed by atoms with van der Waals surface area (Å²) in [5.41, 5.74) is 1.10. The average Bonchev–Trinajstić information content (AvgIpc) is 3.20. The van der Waals surface area contributed by atoms with Crippen LogP contribution in [0.5, 0.6) is 5.75 Å². The maximum atomic E-state index is 11.6. The third-order valence-corrected chi connectivity index (χ3v) is 3.32. The lowest BCUT2D eigenvalue weighted by Crippen LogP contribution is -2.28. The van der Waals surface area contributed by atoms with Crippen LogP contribution in [0.4, 0.5) is 0 Å². The third-order valence-electron chi connectivity index (χ3n) is 3.32. The lowest BCUT2D eigenvalue weighted by Gasteiger charge is -2.05. The Bertz CT molecular complexity index is 469. The Morgan fingerprint density at radius 2 is 2.00 bits per heavy atom. The molecule has 1 aromatic carbocycles. The monoisotopic (exact) mass is 263 g/mol. The van der Waals surface area contributed by atoms with Crippen molar-refractivity contribution in [3.05, 3.63) is 29.8 Å². The third kappa shape index (κ3) is 3.47. The second-order valence-electron chi connectivity index (χ2n) is 4.68. The summed E-state index contributed by atoms with van der Waals surface area (Å²) in [6.07, 6.45) is 1.18. The van der Waals surface area contributed by atoms with Crippen LogP contribution in [0.15, 0.2) is 24.3 Å². The maximum absolute atomic E-state index is 11.6. The molecular weight excluding hydrogens is 246 g/mol. The highest BCUT2D eigenvalue weighted by Gasteiger charge is 2.48. The van der Waals surface area contributed by atoms with Gasteiger partial charge >= 0.3 is 5.97 Å². The minimum absolute atomic E-state index is 0.152. The summed E-state index contributed by atoms with van der Waals surface area (Å²) in [5.74, 6) is -1.05. The van der Waals surface area contributed by atoms with Gasteiger partial charge in [0, 0.05) is 6.54 Å². The molecule has 0 aliphatic heterocycles. The highest BCUT2D eigenvalue weighted by atomic mass is 16.5. The fourth-order valence-corrected chi connectivity index (χ4v) is 2.01. The molecule has 19 heavy (non-hydrogen) atoms. The first-order valence-corrected chi connectivity index (χ1v) is 6.25. The number of aliphatic carboxylic acids is 1. The van der Waals surface area contributed by atoms with Crippen LogP contribution in [0.3, 0.4) is 0 Å². The molecule has 5 heteroatoms. The molecule has 2 N–H and O–H groups in total. The summed E-state index contributed by atoms with van der Waals surface area (Å²) in [6.45, 7) is 0.522. The Kier molecular flexibility index (Phi) is 4.04. The Balaban J connectivity index is 1.71. The molecule has 5 nitrogen and oxygen atoms in total. The van der Waals surface area contributed by atoms with Crippen molar-refractivity contribution in [3.8, 4) is 5.75 Å². The number of benzene rings is 1. The molecule has 0 unspecified atom stereocenters. The highest BCUT2D eigenvalue weighted by molar-refractivity contribution is 5.89. The molecule has 2 rings (SSSR count). The summed E-state index contributed by atoms with van der Waals surface area (Å²) in [7, 11) is 1.61. The Morgan fingerprint density at radius 3 is 2.53 bits per heavy atom. The van der Waals surface area contributed by atoms with Crippen LogP contribution in [0.2, 0.25) is 0 Å². The Hall–Kier alpha value is -2.04. The van der Waals surface area contributed by atoms with E-state index in [1.165, 1.54) is 0 Å². The number of carboxylic acids is 1.